The van der Waals surface area contributed by atoms with Gasteiger partial charge in [-0.25, -0.2) is 4.68 Å². The van der Waals surface area contributed by atoms with Crippen LogP contribution in [0.3, 0.4) is 0 Å². The molecule has 0 saturated heterocycles. The summed E-state index contributed by atoms with van der Waals surface area (Å²) in [4.78, 5) is 16.0. The number of nitrogens with zero attached hydrogens (tertiary/aromatic N) is 3. The Morgan fingerprint density at radius 3 is 2.76 bits per heavy atom. The summed E-state index contributed by atoms with van der Waals surface area (Å²) in [5.74, 6) is 0. The van der Waals surface area contributed by atoms with Crippen LogP contribution in [0.25, 0.3) is 11.3 Å². The van der Waals surface area contributed by atoms with E-state index in [2.05, 4.69) is 26.0 Å². The predicted molar refractivity (Wildman–Crippen MR) is 85.0 cm³/mol. The Morgan fingerprint density at radius 1 is 1.10 bits per heavy atom. The van der Waals surface area contributed by atoms with Gasteiger partial charge in [-0.15, -0.1) is 0 Å². The Kier molecular flexibility index (Phi) is 3.92. The van der Waals surface area contributed by atoms with E-state index in [1.807, 2.05) is 36.4 Å². The van der Waals surface area contributed by atoms with Gasteiger partial charge in [-0.3, -0.25) is 9.78 Å². The minimum absolute atomic E-state index is 0.127. The highest BCUT2D eigenvalue weighted by molar-refractivity contribution is 9.10. The van der Waals surface area contributed by atoms with Crippen molar-refractivity contribution in [1.29, 1.82) is 0 Å². The highest BCUT2D eigenvalue weighted by atomic mass is 79.9. The van der Waals surface area contributed by atoms with Crippen LogP contribution in [0.5, 0.6) is 0 Å². The zero-order valence-electron chi connectivity index (χ0n) is 11.1. The van der Waals surface area contributed by atoms with Gasteiger partial charge in [0, 0.05) is 28.5 Å². The van der Waals surface area contributed by atoms with E-state index in [1.54, 1.807) is 24.5 Å². The van der Waals surface area contributed by atoms with Crippen LogP contribution >= 0.6 is 15.9 Å². The molecule has 0 aliphatic rings. The van der Waals surface area contributed by atoms with Gasteiger partial charge >= 0.3 is 0 Å². The molecule has 4 nitrogen and oxygen atoms in total. The Bertz CT molecular complexity index is 815. The fraction of sp³-hybridized carbons (Fsp3) is 0.0625. The zero-order chi connectivity index (χ0) is 14.7. The Labute approximate surface area is 130 Å². The van der Waals surface area contributed by atoms with E-state index in [0.717, 1.165) is 21.3 Å². The standard InChI is InChI=1S/C16H12BrN3O/c17-14-5-1-4-13(9-14)15-6-7-16(21)20(19-15)11-12-3-2-8-18-10-12/h1-10H,11H2. The molecule has 104 valence electrons. The molecule has 0 atom stereocenters. The number of hydrogen-bond donors (Lipinski definition) is 0. The van der Waals surface area contributed by atoms with Gasteiger partial charge in [-0.1, -0.05) is 34.1 Å². The summed E-state index contributed by atoms with van der Waals surface area (Å²) in [6, 6.07) is 14.9. The maximum absolute atomic E-state index is 11.9. The number of benzene rings is 1. The van der Waals surface area contributed by atoms with E-state index < -0.39 is 0 Å². The molecule has 0 bridgehead atoms. The van der Waals surface area contributed by atoms with Crippen molar-refractivity contribution < 1.29 is 0 Å². The topological polar surface area (TPSA) is 47.8 Å². The molecule has 5 heteroatoms. The number of rotatable bonds is 3. The number of aromatic nitrogens is 3. The van der Waals surface area contributed by atoms with E-state index in [4.69, 9.17) is 0 Å². The summed E-state index contributed by atoms with van der Waals surface area (Å²) < 4.78 is 2.43. The molecule has 3 aromatic rings. The molecule has 0 amide bonds. The fourth-order valence-corrected chi connectivity index (χ4v) is 2.43. The summed E-state index contributed by atoms with van der Waals surface area (Å²) >= 11 is 3.44. The molecule has 3 rings (SSSR count). The first-order valence-corrected chi connectivity index (χ1v) is 7.25. The number of hydrogen-bond acceptors (Lipinski definition) is 3. The SMILES string of the molecule is O=c1ccc(-c2cccc(Br)c2)nn1Cc1cccnc1. The average Bonchev–Trinajstić information content (AvgIpc) is 2.50. The molecule has 0 saturated carbocycles. The van der Waals surface area contributed by atoms with Crippen LogP contribution in [-0.4, -0.2) is 14.8 Å². The lowest BCUT2D eigenvalue weighted by molar-refractivity contribution is 0.641. The highest BCUT2D eigenvalue weighted by Crippen LogP contribution is 2.20. The van der Waals surface area contributed by atoms with E-state index in [9.17, 15) is 4.79 Å². The van der Waals surface area contributed by atoms with Crippen molar-refractivity contribution in [3.63, 3.8) is 0 Å². The summed E-state index contributed by atoms with van der Waals surface area (Å²) in [6.45, 7) is 0.411. The Hall–Kier alpha value is -2.27. The van der Waals surface area contributed by atoms with Crippen molar-refractivity contribution in [2.75, 3.05) is 0 Å². The van der Waals surface area contributed by atoms with Crippen LogP contribution in [-0.2, 0) is 6.54 Å². The van der Waals surface area contributed by atoms with Crippen LogP contribution < -0.4 is 5.56 Å². The van der Waals surface area contributed by atoms with E-state index in [-0.39, 0.29) is 5.56 Å². The second-order valence-electron chi connectivity index (χ2n) is 4.59. The van der Waals surface area contributed by atoms with Gasteiger partial charge in [0.2, 0.25) is 0 Å². The van der Waals surface area contributed by atoms with Gasteiger partial charge < -0.3 is 0 Å². The maximum Gasteiger partial charge on any atom is 0.267 e. The average molecular weight is 342 g/mol. The van der Waals surface area contributed by atoms with Crippen LogP contribution in [0, 0.1) is 0 Å². The molecule has 0 radical (unpaired) electrons. The minimum Gasteiger partial charge on any atom is -0.268 e. The van der Waals surface area contributed by atoms with Crippen molar-refractivity contribution in [1.82, 2.24) is 14.8 Å². The van der Waals surface area contributed by atoms with Crippen molar-refractivity contribution in [2.24, 2.45) is 0 Å². The van der Waals surface area contributed by atoms with Crippen LogP contribution in [0.15, 0.2) is 70.2 Å². The van der Waals surface area contributed by atoms with Crippen LogP contribution in [0.2, 0.25) is 0 Å². The van der Waals surface area contributed by atoms with Crippen molar-refractivity contribution in [3.8, 4) is 11.3 Å². The summed E-state index contributed by atoms with van der Waals surface area (Å²) in [5, 5.41) is 4.43. The molecule has 0 fully saturated rings. The highest BCUT2D eigenvalue weighted by Gasteiger charge is 2.04. The normalized spacial score (nSPS) is 10.5. The van der Waals surface area contributed by atoms with Gasteiger partial charge in [-0.2, -0.15) is 5.10 Å². The molecule has 1 aromatic carbocycles. The van der Waals surface area contributed by atoms with Crippen molar-refractivity contribution >= 4 is 15.9 Å². The maximum atomic E-state index is 11.9. The molecule has 0 aliphatic carbocycles. The van der Waals surface area contributed by atoms with E-state index in [0.29, 0.717) is 6.54 Å². The van der Waals surface area contributed by atoms with Gasteiger partial charge in [-0.05, 0) is 29.8 Å². The second-order valence-corrected chi connectivity index (χ2v) is 5.50. The molecule has 2 heterocycles. The summed E-state index contributed by atoms with van der Waals surface area (Å²) in [7, 11) is 0. The first-order chi connectivity index (χ1) is 10.2. The van der Waals surface area contributed by atoms with E-state index in [1.165, 1.54) is 4.68 Å². The summed E-state index contributed by atoms with van der Waals surface area (Å²) in [5.41, 5.74) is 2.54. The van der Waals surface area contributed by atoms with E-state index >= 15 is 0 Å². The Balaban J connectivity index is 1.99. The van der Waals surface area contributed by atoms with Crippen molar-refractivity contribution in [2.45, 2.75) is 6.54 Å². The fourth-order valence-electron chi connectivity index (χ4n) is 2.03. The molecule has 0 spiro atoms. The lowest BCUT2D eigenvalue weighted by atomic mass is 10.1. The van der Waals surface area contributed by atoms with Crippen LogP contribution in [0.1, 0.15) is 5.56 Å². The van der Waals surface area contributed by atoms with Gasteiger partial charge in [0.25, 0.3) is 5.56 Å². The first-order valence-electron chi connectivity index (χ1n) is 6.45. The predicted octanol–water partition coefficient (Wildman–Crippen LogP) is 3.12. The monoisotopic (exact) mass is 341 g/mol. The lowest BCUT2D eigenvalue weighted by Gasteiger charge is -2.07. The molecular weight excluding hydrogens is 330 g/mol. The smallest absolute Gasteiger partial charge is 0.267 e. The Morgan fingerprint density at radius 2 is 2.00 bits per heavy atom. The molecule has 2 aromatic heterocycles. The van der Waals surface area contributed by atoms with Gasteiger partial charge in [0.05, 0.1) is 12.2 Å². The molecule has 0 unspecified atom stereocenters. The lowest BCUT2D eigenvalue weighted by Crippen LogP contribution is -2.22. The third-order valence-corrected chi connectivity index (χ3v) is 3.54. The largest absolute Gasteiger partial charge is 0.268 e. The molecule has 0 aliphatic heterocycles. The second kappa shape index (κ2) is 6.01. The quantitative estimate of drug-likeness (QED) is 0.735. The van der Waals surface area contributed by atoms with Gasteiger partial charge in [0.15, 0.2) is 0 Å². The molecule has 21 heavy (non-hydrogen) atoms. The number of pyridine rings is 1. The van der Waals surface area contributed by atoms with Gasteiger partial charge in [0.1, 0.15) is 0 Å². The number of halogens is 1. The third kappa shape index (κ3) is 3.25. The first kappa shape index (κ1) is 13.7. The van der Waals surface area contributed by atoms with Crippen LogP contribution in [0.4, 0.5) is 0 Å². The van der Waals surface area contributed by atoms with Crippen molar-refractivity contribution in [3.05, 3.63) is 81.3 Å². The zero-order valence-corrected chi connectivity index (χ0v) is 12.7. The minimum atomic E-state index is -0.127. The summed E-state index contributed by atoms with van der Waals surface area (Å²) in [6.07, 6.45) is 3.44. The third-order valence-electron chi connectivity index (χ3n) is 3.04. The molecule has 0 N–H and O–H groups in total. The molecular formula is C16H12BrN3O.